The zero-order valence-corrected chi connectivity index (χ0v) is 46.9. The smallest absolute Gasteiger partial charge is 0.306 e. The van der Waals surface area contributed by atoms with E-state index in [1.165, 1.54) is 250 Å². The van der Waals surface area contributed by atoms with Crippen LogP contribution in [0.5, 0.6) is 0 Å². The van der Waals surface area contributed by atoms with Crippen LogP contribution >= 0.6 is 0 Å². The minimum absolute atomic E-state index is 0.0643. The molecule has 6 heteroatoms. The summed E-state index contributed by atoms with van der Waals surface area (Å²) in [6, 6.07) is 0. The van der Waals surface area contributed by atoms with Crippen molar-refractivity contribution in [1.82, 2.24) is 0 Å². The van der Waals surface area contributed by atoms with Crippen LogP contribution in [0.25, 0.3) is 0 Å². The van der Waals surface area contributed by atoms with Gasteiger partial charge in [-0.15, -0.1) is 0 Å². The molecule has 6 nitrogen and oxygen atoms in total. The number of rotatable bonds is 58. The van der Waals surface area contributed by atoms with Gasteiger partial charge in [-0.2, -0.15) is 0 Å². The Morgan fingerprint density at radius 2 is 0.478 bits per heavy atom. The molecule has 0 spiro atoms. The fraction of sp³-hybridized carbons (Fsp3) is 0.921. The molecule has 0 rings (SSSR count). The number of carbonyl (C=O) groups excluding carboxylic acids is 3. The maximum atomic E-state index is 12.8. The van der Waals surface area contributed by atoms with Gasteiger partial charge in [-0.3, -0.25) is 14.4 Å². The standard InChI is InChI=1S/C63H120O6/c1-4-7-10-13-15-17-19-21-23-25-26-27-28-29-30-31-32-33-34-35-36-38-39-41-43-45-47-50-53-56-62(65)68-59-60(58-67-61(64)55-52-49-12-9-6-3)69-63(66)57-54-51-48-46-44-42-40-37-24-22-20-18-16-14-11-8-5-2/h25-26,60H,4-24,27-59H2,1-3H3/b26-25-. The third-order valence-corrected chi connectivity index (χ3v) is 14.3. The van der Waals surface area contributed by atoms with Crippen molar-refractivity contribution < 1.29 is 28.6 Å². The zero-order valence-electron chi connectivity index (χ0n) is 46.9. The lowest BCUT2D eigenvalue weighted by Gasteiger charge is -2.18. The summed E-state index contributed by atoms with van der Waals surface area (Å²) >= 11 is 0. The first-order chi connectivity index (χ1) is 34.0. The van der Waals surface area contributed by atoms with Gasteiger partial charge in [0, 0.05) is 19.3 Å². The fourth-order valence-corrected chi connectivity index (χ4v) is 9.56. The van der Waals surface area contributed by atoms with Gasteiger partial charge in [-0.25, -0.2) is 0 Å². The van der Waals surface area contributed by atoms with Crippen molar-refractivity contribution in [2.75, 3.05) is 13.2 Å². The molecule has 0 aliphatic rings. The van der Waals surface area contributed by atoms with Crippen LogP contribution in [0.15, 0.2) is 12.2 Å². The van der Waals surface area contributed by atoms with Gasteiger partial charge in [0.1, 0.15) is 13.2 Å². The molecule has 0 fully saturated rings. The normalized spacial score (nSPS) is 12.0. The van der Waals surface area contributed by atoms with Gasteiger partial charge in [-0.1, -0.05) is 303 Å². The van der Waals surface area contributed by atoms with E-state index in [-0.39, 0.29) is 31.1 Å². The molecule has 0 aliphatic carbocycles. The van der Waals surface area contributed by atoms with Crippen molar-refractivity contribution in [3.8, 4) is 0 Å². The summed E-state index contributed by atoms with van der Waals surface area (Å²) in [5.74, 6) is -0.854. The summed E-state index contributed by atoms with van der Waals surface area (Å²) in [5.41, 5.74) is 0. The first-order valence-corrected chi connectivity index (χ1v) is 31.2. The summed E-state index contributed by atoms with van der Waals surface area (Å²) in [5, 5.41) is 0. The Kier molecular flexibility index (Phi) is 57.1. The van der Waals surface area contributed by atoms with E-state index in [1.807, 2.05) is 0 Å². The summed E-state index contributed by atoms with van der Waals surface area (Å²) in [7, 11) is 0. The van der Waals surface area contributed by atoms with Crippen LogP contribution in [0.4, 0.5) is 0 Å². The second kappa shape index (κ2) is 58.7. The molecule has 0 aromatic carbocycles. The lowest BCUT2D eigenvalue weighted by molar-refractivity contribution is -0.167. The van der Waals surface area contributed by atoms with Crippen molar-refractivity contribution in [1.29, 1.82) is 0 Å². The summed E-state index contributed by atoms with van der Waals surface area (Å²) in [4.78, 5) is 37.8. The largest absolute Gasteiger partial charge is 0.462 e. The highest BCUT2D eigenvalue weighted by atomic mass is 16.6. The number of hydrogen-bond acceptors (Lipinski definition) is 6. The van der Waals surface area contributed by atoms with E-state index < -0.39 is 6.10 Å². The molecular formula is C63H120O6. The van der Waals surface area contributed by atoms with E-state index in [0.29, 0.717) is 19.3 Å². The summed E-state index contributed by atoms with van der Waals surface area (Å²) in [6.45, 7) is 6.62. The summed E-state index contributed by atoms with van der Waals surface area (Å²) < 4.78 is 16.8. The van der Waals surface area contributed by atoms with Crippen LogP contribution in [-0.4, -0.2) is 37.2 Å². The van der Waals surface area contributed by atoms with Crippen LogP contribution in [0.2, 0.25) is 0 Å². The van der Waals surface area contributed by atoms with Crippen molar-refractivity contribution >= 4 is 17.9 Å². The van der Waals surface area contributed by atoms with E-state index in [4.69, 9.17) is 14.2 Å². The van der Waals surface area contributed by atoms with Crippen LogP contribution in [0.1, 0.15) is 355 Å². The Labute approximate surface area is 431 Å². The van der Waals surface area contributed by atoms with E-state index >= 15 is 0 Å². The molecule has 0 saturated carbocycles. The molecule has 0 aromatic rings. The van der Waals surface area contributed by atoms with Gasteiger partial charge < -0.3 is 14.2 Å². The minimum Gasteiger partial charge on any atom is -0.462 e. The van der Waals surface area contributed by atoms with Crippen LogP contribution < -0.4 is 0 Å². The molecule has 1 atom stereocenters. The van der Waals surface area contributed by atoms with E-state index in [1.54, 1.807) is 0 Å². The highest BCUT2D eigenvalue weighted by molar-refractivity contribution is 5.71. The van der Waals surface area contributed by atoms with Gasteiger partial charge in [0.05, 0.1) is 0 Å². The molecule has 408 valence electrons. The molecule has 69 heavy (non-hydrogen) atoms. The number of hydrogen-bond donors (Lipinski definition) is 0. The zero-order chi connectivity index (χ0) is 50.0. The van der Waals surface area contributed by atoms with Crippen LogP contribution in [0, 0.1) is 0 Å². The average Bonchev–Trinajstić information content (AvgIpc) is 3.35. The highest BCUT2D eigenvalue weighted by Crippen LogP contribution is 2.18. The van der Waals surface area contributed by atoms with E-state index in [9.17, 15) is 14.4 Å². The minimum atomic E-state index is -0.761. The number of ether oxygens (including phenoxy) is 3. The molecule has 0 amide bonds. The number of carbonyl (C=O) groups is 3. The van der Waals surface area contributed by atoms with Gasteiger partial charge >= 0.3 is 17.9 Å². The van der Waals surface area contributed by atoms with Crippen molar-refractivity contribution in [3.05, 3.63) is 12.2 Å². The van der Waals surface area contributed by atoms with Crippen molar-refractivity contribution in [3.63, 3.8) is 0 Å². The molecule has 0 aromatic heterocycles. The maximum absolute atomic E-state index is 12.8. The van der Waals surface area contributed by atoms with E-state index in [0.717, 1.165) is 64.2 Å². The van der Waals surface area contributed by atoms with Crippen molar-refractivity contribution in [2.45, 2.75) is 361 Å². The molecule has 0 aliphatic heterocycles. The number of allylic oxidation sites excluding steroid dienone is 2. The Bertz CT molecular complexity index is 1070. The fourth-order valence-electron chi connectivity index (χ4n) is 9.56. The molecule has 0 N–H and O–H groups in total. The maximum Gasteiger partial charge on any atom is 0.306 e. The lowest BCUT2D eigenvalue weighted by Crippen LogP contribution is -2.30. The van der Waals surface area contributed by atoms with E-state index in [2.05, 4.69) is 32.9 Å². The number of unbranched alkanes of at least 4 members (excludes halogenated alkanes) is 45. The molecule has 0 radical (unpaired) electrons. The third-order valence-electron chi connectivity index (χ3n) is 14.3. The number of esters is 3. The SMILES string of the molecule is CCCCCCCCCC/C=C\CCCCCCCCCCCCCCCCCCCC(=O)OCC(COC(=O)CCCCCCC)OC(=O)CCCCCCCCCCCCCCCCCCC. The molecule has 0 bridgehead atoms. The lowest BCUT2D eigenvalue weighted by atomic mass is 10.0. The first-order valence-electron chi connectivity index (χ1n) is 31.2. The average molecular weight is 974 g/mol. The van der Waals surface area contributed by atoms with Gasteiger partial charge in [0.25, 0.3) is 0 Å². The molecule has 0 saturated heterocycles. The van der Waals surface area contributed by atoms with Gasteiger partial charge in [-0.05, 0) is 44.9 Å². The van der Waals surface area contributed by atoms with Gasteiger partial charge in [0.2, 0.25) is 0 Å². The van der Waals surface area contributed by atoms with Crippen molar-refractivity contribution in [2.24, 2.45) is 0 Å². The molecular weight excluding hydrogens is 853 g/mol. The molecule has 1 unspecified atom stereocenters. The molecule has 0 heterocycles. The topological polar surface area (TPSA) is 78.9 Å². The van der Waals surface area contributed by atoms with Crippen LogP contribution in [0.3, 0.4) is 0 Å². The predicted molar refractivity (Wildman–Crippen MR) is 298 cm³/mol. The van der Waals surface area contributed by atoms with Crippen LogP contribution in [-0.2, 0) is 28.6 Å². The Morgan fingerprint density at radius 3 is 0.725 bits per heavy atom. The predicted octanol–water partition coefficient (Wildman–Crippen LogP) is 20.9. The summed E-state index contributed by atoms with van der Waals surface area (Å²) in [6.07, 6.45) is 68.5. The second-order valence-corrected chi connectivity index (χ2v) is 21.3. The highest BCUT2D eigenvalue weighted by Gasteiger charge is 2.19. The Hall–Kier alpha value is -1.85. The second-order valence-electron chi connectivity index (χ2n) is 21.3. The Balaban J connectivity index is 3.93. The quantitative estimate of drug-likeness (QED) is 0.0261. The monoisotopic (exact) mass is 973 g/mol. The first kappa shape index (κ1) is 67.1. The third kappa shape index (κ3) is 56.9. The Morgan fingerprint density at radius 1 is 0.275 bits per heavy atom. The van der Waals surface area contributed by atoms with Gasteiger partial charge in [0.15, 0.2) is 6.10 Å².